The summed E-state index contributed by atoms with van der Waals surface area (Å²) in [6.07, 6.45) is 3.44. The topological polar surface area (TPSA) is 83.9 Å². The second-order valence-electron chi connectivity index (χ2n) is 7.25. The van der Waals surface area contributed by atoms with Crippen LogP contribution < -0.4 is 5.32 Å². The number of hydrogen-bond acceptors (Lipinski definition) is 7. The molecule has 2 aromatic rings. The van der Waals surface area contributed by atoms with Crippen LogP contribution in [-0.4, -0.2) is 34.0 Å². The number of nitrogens with one attached hydrogen (secondary N) is 1. The van der Waals surface area contributed by atoms with Gasteiger partial charge in [0, 0.05) is 24.6 Å². The number of rotatable bonds is 6. The fourth-order valence-electron chi connectivity index (χ4n) is 3.66. The quantitative estimate of drug-likeness (QED) is 0.674. The Hall–Kier alpha value is -3.46. The van der Waals surface area contributed by atoms with Crippen molar-refractivity contribution in [1.29, 1.82) is 0 Å². The molecule has 1 atom stereocenters. The zero-order valence-corrected chi connectivity index (χ0v) is 18.4. The third-order valence-corrected chi connectivity index (χ3v) is 6.01. The molecule has 0 fully saturated rings. The number of allylic oxidation sites excluding steroid dienone is 1. The molecule has 1 amide bonds. The second kappa shape index (κ2) is 9.35. The number of amides is 1. The summed E-state index contributed by atoms with van der Waals surface area (Å²) in [6.45, 7) is 2.08. The maximum Gasteiger partial charge on any atom is 0.338 e. The van der Waals surface area contributed by atoms with Gasteiger partial charge >= 0.3 is 5.97 Å². The Balaban J connectivity index is 1.61. The predicted octanol–water partition coefficient (Wildman–Crippen LogP) is 3.68. The standard InChI is InChI=1S/C23H21FN4O3S/c1-14-20(22(30)31-2)21(16-6-3-7-17(24)9-16)28-18(13-32-23(28)27-14)10-19(29)26-12-15-5-4-8-25-11-15/h3-9,11,13,21H,10,12H2,1-2H3,(H,26,29)/t21-/m1/s1. The van der Waals surface area contributed by atoms with Crippen LogP contribution in [0.25, 0.3) is 0 Å². The van der Waals surface area contributed by atoms with E-state index < -0.39 is 17.8 Å². The molecule has 164 valence electrons. The number of aromatic nitrogens is 1. The van der Waals surface area contributed by atoms with Gasteiger partial charge in [0.05, 0.1) is 30.8 Å². The van der Waals surface area contributed by atoms with Gasteiger partial charge in [0.25, 0.3) is 0 Å². The first-order valence-corrected chi connectivity index (χ1v) is 10.8. The number of halogens is 1. The van der Waals surface area contributed by atoms with E-state index in [1.54, 1.807) is 37.5 Å². The number of carbonyl (C=O) groups is 2. The number of fused-ring (bicyclic) bond motifs is 1. The molecule has 2 aliphatic rings. The van der Waals surface area contributed by atoms with E-state index in [4.69, 9.17) is 4.74 Å². The van der Waals surface area contributed by atoms with Crippen LogP contribution >= 0.6 is 11.8 Å². The van der Waals surface area contributed by atoms with Crippen LogP contribution in [0.15, 0.2) is 76.2 Å². The van der Waals surface area contributed by atoms with Gasteiger partial charge in [0.1, 0.15) is 5.82 Å². The van der Waals surface area contributed by atoms with Crippen LogP contribution in [-0.2, 0) is 20.9 Å². The summed E-state index contributed by atoms with van der Waals surface area (Å²) in [4.78, 5) is 35.7. The lowest BCUT2D eigenvalue weighted by Gasteiger charge is -2.36. The van der Waals surface area contributed by atoms with E-state index in [-0.39, 0.29) is 12.3 Å². The van der Waals surface area contributed by atoms with Gasteiger partial charge in [0.15, 0.2) is 5.17 Å². The van der Waals surface area contributed by atoms with Crippen LogP contribution in [0, 0.1) is 5.82 Å². The average Bonchev–Trinajstić information content (AvgIpc) is 3.18. The molecule has 0 bridgehead atoms. The number of benzene rings is 1. The second-order valence-corrected chi connectivity index (χ2v) is 8.09. The van der Waals surface area contributed by atoms with Crippen molar-refractivity contribution in [3.63, 3.8) is 0 Å². The Labute approximate surface area is 189 Å². The van der Waals surface area contributed by atoms with Crippen molar-refractivity contribution in [1.82, 2.24) is 15.2 Å². The Kier molecular flexibility index (Phi) is 6.36. The van der Waals surface area contributed by atoms with Crippen LogP contribution in [0.2, 0.25) is 0 Å². The SMILES string of the molecule is COC(=O)C1=C(C)N=C2SC=C(CC(=O)NCc3cccnc3)N2[C@@H]1c1cccc(F)c1. The lowest BCUT2D eigenvalue weighted by atomic mass is 9.94. The number of ether oxygens (including phenoxy) is 1. The number of aliphatic imine (C=N–C) groups is 1. The maximum atomic E-state index is 14.1. The van der Waals surface area contributed by atoms with Crippen molar-refractivity contribution < 1.29 is 18.7 Å². The minimum Gasteiger partial charge on any atom is -0.466 e. The lowest BCUT2D eigenvalue weighted by Crippen LogP contribution is -2.38. The van der Waals surface area contributed by atoms with Gasteiger partial charge < -0.3 is 15.0 Å². The van der Waals surface area contributed by atoms with Crippen molar-refractivity contribution >= 4 is 28.8 Å². The van der Waals surface area contributed by atoms with Crippen molar-refractivity contribution in [3.05, 3.63) is 88.1 Å². The first-order valence-electron chi connectivity index (χ1n) is 9.91. The van der Waals surface area contributed by atoms with E-state index in [1.165, 1.54) is 31.0 Å². The molecule has 0 radical (unpaired) electrons. The first-order chi connectivity index (χ1) is 15.5. The number of thioether (sulfide) groups is 1. The number of amidine groups is 1. The molecule has 7 nitrogen and oxygen atoms in total. The van der Waals surface area contributed by atoms with Gasteiger partial charge in [-0.3, -0.25) is 9.78 Å². The van der Waals surface area contributed by atoms with Crippen LogP contribution in [0.3, 0.4) is 0 Å². The molecule has 0 spiro atoms. The Bertz CT molecular complexity index is 1150. The smallest absolute Gasteiger partial charge is 0.338 e. The van der Waals surface area contributed by atoms with Crippen LogP contribution in [0.1, 0.15) is 30.5 Å². The normalized spacial score (nSPS) is 17.5. The largest absolute Gasteiger partial charge is 0.466 e. The van der Waals surface area contributed by atoms with E-state index >= 15 is 0 Å². The molecule has 3 heterocycles. The molecule has 4 rings (SSSR count). The van der Waals surface area contributed by atoms with Crippen molar-refractivity contribution in [3.8, 4) is 0 Å². The van der Waals surface area contributed by atoms with E-state index in [9.17, 15) is 14.0 Å². The van der Waals surface area contributed by atoms with Crippen LogP contribution in [0.4, 0.5) is 4.39 Å². The highest BCUT2D eigenvalue weighted by Crippen LogP contribution is 2.44. The molecule has 32 heavy (non-hydrogen) atoms. The molecule has 0 saturated heterocycles. The molecule has 0 unspecified atom stereocenters. The highest BCUT2D eigenvalue weighted by molar-refractivity contribution is 8.16. The zero-order chi connectivity index (χ0) is 22.7. The predicted molar refractivity (Wildman–Crippen MR) is 120 cm³/mol. The number of esters is 1. The fraction of sp³-hybridized carbons (Fsp3) is 0.217. The van der Waals surface area contributed by atoms with E-state index in [0.29, 0.717) is 34.2 Å². The van der Waals surface area contributed by atoms with Crippen molar-refractivity contribution in [2.75, 3.05) is 7.11 Å². The number of pyridine rings is 1. The van der Waals surface area contributed by atoms with Gasteiger partial charge in [-0.1, -0.05) is 30.0 Å². The molecule has 2 aliphatic heterocycles. The molecular formula is C23H21FN4O3S. The highest BCUT2D eigenvalue weighted by atomic mass is 32.2. The summed E-state index contributed by atoms with van der Waals surface area (Å²) in [5.74, 6) is -1.15. The number of methoxy groups -OCH3 is 1. The summed E-state index contributed by atoms with van der Waals surface area (Å²) in [5.41, 5.74) is 2.94. The average molecular weight is 453 g/mol. The molecular weight excluding hydrogens is 431 g/mol. The molecule has 1 N–H and O–H groups in total. The highest BCUT2D eigenvalue weighted by Gasteiger charge is 2.41. The molecule has 9 heteroatoms. The summed E-state index contributed by atoms with van der Waals surface area (Å²) in [6, 6.07) is 9.09. The van der Waals surface area contributed by atoms with Gasteiger partial charge in [-0.25, -0.2) is 14.2 Å². The summed E-state index contributed by atoms with van der Waals surface area (Å²) < 4.78 is 19.1. The van der Waals surface area contributed by atoms with Crippen molar-refractivity contribution in [2.24, 2.45) is 4.99 Å². The number of nitrogens with zero attached hydrogens (tertiary/aromatic N) is 3. The van der Waals surface area contributed by atoms with Crippen molar-refractivity contribution in [2.45, 2.75) is 25.9 Å². The Morgan fingerprint density at radius 1 is 1.28 bits per heavy atom. The Morgan fingerprint density at radius 3 is 2.84 bits per heavy atom. The Morgan fingerprint density at radius 2 is 2.12 bits per heavy atom. The van der Waals surface area contributed by atoms with E-state index in [0.717, 1.165) is 5.56 Å². The number of carbonyl (C=O) groups excluding carboxylic acids is 2. The minimum atomic E-state index is -0.655. The molecule has 0 aliphatic carbocycles. The minimum absolute atomic E-state index is 0.0750. The third-order valence-electron chi connectivity index (χ3n) is 5.12. The lowest BCUT2D eigenvalue weighted by molar-refractivity contribution is -0.136. The van der Waals surface area contributed by atoms with Gasteiger partial charge in [0.2, 0.25) is 5.91 Å². The van der Waals surface area contributed by atoms with Gasteiger partial charge in [-0.05, 0) is 41.7 Å². The third kappa shape index (κ3) is 4.43. The molecule has 0 saturated carbocycles. The fourth-order valence-corrected chi connectivity index (χ4v) is 4.63. The molecule has 1 aromatic heterocycles. The number of hydrogen-bond donors (Lipinski definition) is 1. The maximum absolute atomic E-state index is 14.1. The van der Waals surface area contributed by atoms with E-state index in [1.807, 2.05) is 16.4 Å². The van der Waals surface area contributed by atoms with E-state index in [2.05, 4.69) is 15.3 Å². The molecule has 1 aromatic carbocycles. The summed E-state index contributed by atoms with van der Waals surface area (Å²) >= 11 is 1.36. The van der Waals surface area contributed by atoms with Crippen LogP contribution in [0.5, 0.6) is 0 Å². The van der Waals surface area contributed by atoms with Gasteiger partial charge in [-0.2, -0.15) is 0 Å². The monoisotopic (exact) mass is 452 g/mol. The zero-order valence-electron chi connectivity index (χ0n) is 17.5. The summed E-state index contributed by atoms with van der Waals surface area (Å²) in [7, 11) is 1.30. The summed E-state index contributed by atoms with van der Waals surface area (Å²) in [5, 5.41) is 5.34. The van der Waals surface area contributed by atoms with Gasteiger partial charge in [-0.15, -0.1) is 0 Å². The first kappa shape index (κ1) is 21.8.